The van der Waals surface area contributed by atoms with Crippen LogP contribution in [0.25, 0.3) is 0 Å². The van der Waals surface area contributed by atoms with Crippen molar-refractivity contribution < 1.29 is 9.53 Å². The molecule has 4 heteroatoms. The van der Waals surface area contributed by atoms with Crippen LogP contribution in [0.3, 0.4) is 0 Å². The van der Waals surface area contributed by atoms with Crippen LogP contribution in [0, 0.1) is 12.8 Å². The zero-order valence-electron chi connectivity index (χ0n) is 12.8. The number of hydrogen-bond acceptors (Lipinski definition) is 3. The van der Waals surface area contributed by atoms with Crippen molar-refractivity contribution in [3.8, 4) is 5.75 Å². The summed E-state index contributed by atoms with van der Waals surface area (Å²) in [5.74, 6) is 1.14. The maximum absolute atomic E-state index is 12.5. The molecular formula is C16H24N2O2. The lowest BCUT2D eigenvalue weighted by atomic mass is 9.95. The van der Waals surface area contributed by atoms with Crippen molar-refractivity contribution >= 4 is 5.91 Å². The number of ether oxygens (including phenoxy) is 1. The predicted octanol–water partition coefficient (Wildman–Crippen LogP) is 2.09. The fourth-order valence-electron chi connectivity index (χ4n) is 2.63. The summed E-state index contributed by atoms with van der Waals surface area (Å²) in [7, 11) is 3.45. The number of amides is 1. The minimum absolute atomic E-state index is 0.00330. The van der Waals surface area contributed by atoms with Crippen LogP contribution in [0.2, 0.25) is 0 Å². The van der Waals surface area contributed by atoms with Gasteiger partial charge in [-0.2, -0.15) is 0 Å². The molecule has 0 spiro atoms. The van der Waals surface area contributed by atoms with Crippen molar-refractivity contribution in [1.29, 1.82) is 0 Å². The Balaban J connectivity index is 2.13. The second-order valence-corrected chi connectivity index (χ2v) is 6.03. The third kappa shape index (κ3) is 2.96. The molecule has 1 saturated carbocycles. The molecule has 1 aromatic rings. The van der Waals surface area contributed by atoms with Gasteiger partial charge < -0.3 is 15.4 Å². The number of carbonyl (C=O) groups is 1. The third-order valence-corrected chi connectivity index (χ3v) is 4.08. The predicted molar refractivity (Wildman–Crippen MR) is 79.5 cm³/mol. The number of likely N-dealkylation sites (N-methyl/N-ethyl adjacent to an activating group) is 1. The van der Waals surface area contributed by atoms with Gasteiger partial charge in [-0.25, -0.2) is 0 Å². The molecule has 2 N–H and O–H groups in total. The Labute approximate surface area is 120 Å². The Hall–Kier alpha value is -1.55. The Kier molecular flexibility index (Phi) is 4.04. The molecule has 1 aliphatic rings. The molecule has 0 radical (unpaired) electrons. The van der Waals surface area contributed by atoms with E-state index in [0.29, 0.717) is 12.5 Å². The van der Waals surface area contributed by atoms with E-state index in [-0.39, 0.29) is 5.91 Å². The summed E-state index contributed by atoms with van der Waals surface area (Å²) in [4.78, 5) is 14.2. The molecule has 1 aromatic carbocycles. The highest BCUT2D eigenvalue weighted by atomic mass is 16.5. The molecule has 2 rings (SSSR count). The first-order chi connectivity index (χ1) is 9.36. The summed E-state index contributed by atoms with van der Waals surface area (Å²) in [6.07, 6.45) is 2.11. The van der Waals surface area contributed by atoms with Crippen LogP contribution < -0.4 is 10.5 Å². The molecular weight excluding hydrogens is 252 g/mol. The summed E-state index contributed by atoms with van der Waals surface area (Å²) >= 11 is 0. The summed E-state index contributed by atoms with van der Waals surface area (Å²) in [6.45, 7) is 4.39. The number of hydrogen-bond donors (Lipinski definition) is 1. The summed E-state index contributed by atoms with van der Waals surface area (Å²) < 4.78 is 5.36. The molecule has 0 aromatic heterocycles. The number of nitrogens with zero attached hydrogens (tertiary/aromatic N) is 1. The topological polar surface area (TPSA) is 55.6 Å². The molecule has 0 bridgehead atoms. The minimum Gasteiger partial charge on any atom is -0.496 e. The van der Waals surface area contributed by atoms with Gasteiger partial charge in [-0.3, -0.25) is 4.79 Å². The van der Waals surface area contributed by atoms with Gasteiger partial charge in [-0.1, -0.05) is 17.7 Å². The molecule has 0 saturated heterocycles. The molecule has 20 heavy (non-hydrogen) atoms. The molecule has 110 valence electrons. The second-order valence-electron chi connectivity index (χ2n) is 6.03. The van der Waals surface area contributed by atoms with Gasteiger partial charge in [0.15, 0.2) is 0 Å². The van der Waals surface area contributed by atoms with E-state index in [1.165, 1.54) is 0 Å². The smallest absolute Gasteiger partial charge is 0.242 e. The van der Waals surface area contributed by atoms with Crippen LogP contribution in [0.4, 0.5) is 0 Å². The van der Waals surface area contributed by atoms with Crippen LogP contribution in [0.1, 0.15) is 30.9 Å². The van der Waals surface area contributed by atoms with E-state index < -0.39 is 5.54 Å². The Bertz CT molecular complexity index is 507. The molecule has 1 amide bonds. The average Bonchev–Trinajstić information content (AvgIpc) is 3.22. The first-order valence-corrected chi connectivity index (χ1v) is 7.04. The van der Waals surface area contributed by atoms with Gasteiger partial charge in [0, 0.05) is 19.2 Å². The average molecular weight is 276 g/mol. The highest BCUT2D eigenvalue weighted by molar-refractivity contribution is 5.86. The molecule has 1 fully saturated rings. The maximum Gasteiger partial charge on any atom is 0.242 e. The van der Waals surface area contributed by atoms with E-state index in [4.69, 9.17) is 10.5 Å². The van der Waals surface area contributed by atoms with Gasteiger partial charge in [0.05, 0.1) is 12.6 Å². The lowest BCUT2D eigenvalue weighted by molar-refractivity contribution is -0.136. The van der Waals surface area contributed by atoms with Gasteiger partial charge in [0.1, 0.15) is 5.75 Å². The van der Waals surface area contributed by atoms with Crippen molar-refractivity contribution in [2.45, 2.75) is 38.8 Å². The molecule has 0 heterocycles. The quantitative estimate of drug-likeness (QED) is 0.896. The minimum atomic E-state index is -0.744. The van der Waals surface area contributed by atoms with E-state index in [1.54, 1.807) is 19.1 Å². The summed E-state index contributed by atoms with van der Waals surface area (Å²) in [6, 6.07) is 5.99. The normalized spacial score (nSPS) is 17.4. The summed E-state index contributed by atoms with van der Waals surface area (Å²) in [5, 5.41) is 0. The molecule has 1 aliphatic carbocycles. The van der Waals surface area contributed by atoms with Gasteiger partial charge in [0.2, 0.25) is 5.91 Å². The Morgan fingerprint density at radius 2 is 2.15 bits per heavy atom. The van der Waals surface area contributed by atoms with Crippen molar-refractivity contribution in [3.63, 3.8) is 0 Å². The number of nitrogens with two attached hydrogens (primary N) is 1. The van der Waals surface area contributed by atoms with Crippen molar-refractivity contribution in [2.24, 2.45) is 11.7 Å². The third-order valence-electron chi connectivity index (χ3n) is 4.08. The van der Waals surface area contributed by atoms with E-state index in [9.17, 15) is 4.79 Å². The SMILES string of the molecule is COc1ccc(C)cc1CN(C)C(=O)C(C)(N)C1CC1. The maximum atomic E-state index is 12.5. The number of aryl methyl sites for hydroxylation is 1. The van der Waals surface area contributed by atoms with Crippen LogP contribution in [0.5, 0.6) is 5.75 Å². The summed E-state index contributed by atoms with van der Waals surface area (Å²) in [5.41, 5.74) is 7.62. The molecule has 4 nitrogen and oxygen atoms in total. The van der Waals surface area contributed by atoms with Crippen LogP contribution in [-0.2, 0) is 11.3 Å². The lowest BCUT2D eigenvalue weighted by Crippen LogP contribution is -2.53. The standard InChI is InChI=1S/C16H24N2O2/c1-11-5-8-14(20-4)12(9-11)10-18(3)15(19)16(2,17)13-6-7-13/h5,8-9,13H,6-7,10,17H2,1-4H3. The fourth-order valence-corrected chi connectivity index (χ4v) is 2.63. The Morgan fingerprint density at radius 3 is 2.70 bits per heavy atom. The van der Waals surface area contributed by atoms with E-state index >= 15 is 0 Å². The van der Waals surface area contributed by atoms with Crippen molar-refractivity contribution in [1.82, 2.24) is 4.90 Å². The Morgan fingerprint density at radius 1 is 1.50 bits per heavy atom. The van der Waals surface area contributed by atoms with E-state index in [0.717, 1.165) is 29.7 Å². The van der Waals surface area contributed by atoms with E-state index in [2.05, 4.69) is 0 Å². The zero-order valence-corrected chi connectivity index (χ0v) is 12.8. The number of benzene rings is 1. The first-order valence-electron chi connectivity index (χ1n) is 7.04. The van der Waals surface area contributed by atoms with Crippen molar-refractivity contribution in [3.05, 3.63) is 29.3 Å². The molecule has 1 atom stereocenters. The van der Waals surface area contributed by atoms with Crippen LogP contribution >= 0.6 is 0 Å². The number of methoxy groups -OCH3 is 1. The van der Waals surface area contributed by atoms with Gasteiger partial charge in [-0.05, 0) is 38.7 Å². The lowest BCUT2D eigenvalue weighted by Gasteiger charge is -2.29. The van der Waals surface area contributed by atoms with Crippen molar-refractivity contribution in [2.75, 3.05) is 14.2 Å². The monoisotopic (exact) mass is 276 g/mol. The van der Waals surface area contributed by atoms with E-state index in [1.807, 2.05) is 32.0 Å². The molecule has 0 aliphatic heterocycles. The molecule has 1 unspecified atom stereocenters. The van der Waals surface area contributed by atoms with Gasteiger partial charge in [-0.15, -0.1) is 0 Å². The van der Waals surface area contributed by atoms with Gasteiger partial charge in [0.25, 0.3) is 0 Å². The van der Waals surface area contributed by atoms with Gasteiger partial charge >= 0.3 is 0 Å². The fraction of sp³-hybridized carbons (Fsp3) is 0.562. The number of rotatable bonds is 5. The van der Waals surface area contributed by atoms with Crippen LogP contribution in [0.15, 0.2) is 18.2 Å². The first kappa shape index (κ1) is 14.9. The zero-order chi connectivity index (χ0) is 14.9. The highest BCUT2D eigenvalue weighted by Crippen LogP contribution is 2.39. The second kappa shape index (κ2) is 5.44. The highest BCUT2D eigenvalue weighted by Gasteiger charge is 2.45. The largest absolute Gasteiger partial charge is 0.496 e. The number of carbonyl (C=O) groups excluding carboxylic acids is 1. The van der Waals surface area contributed by atoms with Crippen LogP contribution in [-0.4, -0.2) is 30.5 Å².